The molecule has 4 aromatic rings. The first-order valence-electron chi connectivity index (χ1n) is 10.5. The lowest BCUT2D eigenvalue weighted by atomic mass is 10.1. The van der Waals surface area contributed by atoms with Crippen molar-refractivity contribution in [2.45, 2.75) is 21.6 Å². The van der Waals surface area contributed by atoms with Crippen LogP contribution in [0.5, 0.6) is 11.5 Å². The molecule has 0 radical (unpaired) electrons. The van der Waals surface area contributed by atoms with Gasteiger partial charge in [0.2, 0.25) is 5.91 Å². The lowest BCUT2D eigenvalue weighted by Crippen LogP contribution is -2.08. The normalized spacial score (nSPS) is 13.6. The predicted octanol–water partition coefficient (Wildman–Crippen LogP) is 3.77. The van der Waals surface area contributed by atoms with E-state index in [2.05, 4.69) is 15.5 Å². The number of anilines is 2. The second-order valence-electron chi connectivity index (χ2n) is 8.04. The molecule has 2 atom stereocenters. The smallest absolute Gasteiger partial charge is 0.294 e. The largest absolute Gasteiger partial charge is 0.505 e. The molecule has 8 N–H and O–H groups in total. The number of phenols is 2. The van der Waals surface area contributed by atoms with Gasteiger partial charge in [-0.05, 0) is 53.2 Å². The minimum Gasteiger partial charge on any atom is -0.505 e. The number of amides is 1. The lowest BCUT2D eigenvalue weighted by molar-refractivity contribution is -0.114. The molecule has 4 rings (SSSR count). The summed E-state index contributed by atoms with van der Waals surface area (Å²) in [6.45, 7) is 1.11. The third-order valence-electron chi connectivity index (χ3n) is 5.47. The molecule has 2 unspecified atom stereocenters. The van der Waals surface area contributed by atoms with Crippen LogP contribution >= 0.6 is 0 Å². The first-order chi connectivity index (χ1) is 18.2. The molecule has 204 valence electrons. The Morgan fingerprint density at radius 1 is 0.923 bits per heavy atom. The molecular formula is C22H18N4O10S3. The van der Waals surface area contributed by atoms with Crippen molar-refractivity contribution in [3.63, 3.8) is 0 Å². The minimum absolute atomic E-state index is 0.0966. The number of nitrogens with two attached hydrogens (primary N) is 1. The number of carbonyl (C=O) groups is 1. The lowest BCUT2D eigenvalue weighted by Gasteiger charge is -2.14. The third kappa shape index (κ3) is 5.44. The van der Waals surface area contributed by atoms with Crippen molar-refractivity contribution in [3.8, 4) is 11.5 Å². The molecule has 0 spiro atoms. The number of nitrogens with one attached hydrogen (secondary N) is 1. The number of hydrogen-bond acceptors (Lipinski definition) is 10. The standard InChI is InChI=1S/C22H18N4O10S3/c1-9(27)24-15-8-13(39(34,35)36)5-11-7-17(38(32)33)20(22(29)18(11)15)26-25-12-2-3-14-10(4-12)6-16(37(30)31)19(23)21(14)28/h2-8,28-29H,23H2,1H3,(H,24,27)(H,30,31)(H,32,33)(H,34,35,36). The highest BCUT2D eigenvalue weighted by Gasteiger charge is 2.23. The molecule has 0 saturated carbocycles. The quantitative estimate of drug-likeness (QED) is 0.0556. The average molecular weight is 595 g/mol. The maximum Gasteiger partial charge on any atom is 0.294 e. The van der Waals surface area contributed by atoms with Crippen molar-refractivity contribution in [3.05, 3.63) is 42.5 Å². The van der Waals surface area contributed by atoms with Gasteiger partial charge < -0.3 is 30.4 Å². The molecule has 14 nitrogen and oxygen atoms in total. The Kier molecular flexibility index (Phi) is 7.39. The first kappa shape index (κ1) is 28.0. The van der Waals surface area contributed by atoms with E-state index < -0.39 is 65.2 Å². The number of hydrogen-bond donors (Lipinski definition) is 7. The summed E-state index contributed by atoms with van der Waals surface area (Å²) < 4.78 is 75.8. The summed E-state index contributed by atoms with van der Waals surface area (Å²) in [5.41, 5.74) is 4.80. The molecule has 0 bridgehead atoms. The number of azo groups is 1. The van der Waals surface area contributed by atoms with Crippen LogP contribution < -0.4 is 11.1 Å². The number of phenolic OH excluding ortho intramolecular Hbond substituents is 2. The minimum atomic E-state index is -4.76. The van der Waals surface area contributed by atoms with Crippen LogP contribution in [0.25, 0.3) is 21.5 Å². The molecule has 0 aliphatic rings. The highest BCUT2D eigenvalue weighted by Crippen LogP contribution is 2.45. The maximum absolute atomic E-state index is 12.1. The Morgan fingerprint density at radius 2 is 1.56 bits per heavy atom. The number of nitrogen functional groups attached to an aromatic ring is 1. The summed E-state index contributed by atoms with van der Waals surface area (Å²) >= 11 is -5.27. The summed E-state index contributed by atoms with van der Waals surface area (Å²) in [4.78, 5) is 10.4. The van der Waals surface area contributed by atoms with E-state index in [4.69, 9.17) is 5.73 Å². The zero-order chi connectivity index (χ0) is 28.8. The van der Waals surface area contributed by atoms with Gasteiger partial charge in [0.1, 0.15) is 11.4 Å². The van der Waals surface area contributed by atoms with Crippen molar-refractivity contribution in [2.24, 2.45) is 10.2 Å². The van der Waals surface area contributed by atoms with E-state index in [9.17, 15) is 45.5 Å². The molecular weight excluding hydrogens is 576 g/mol. The van der Waals surface area contributed by atoms with E-state index in [0.29, 0.717) is 0 Å². The van der Waals surface area contributed by atoms with Gasteiger partial charge in [-0.1, -0.05) is 0 Å². The van der Waals surface area contributed by atoms with Gasteiger partial charge in [0.15, 0.2) is 27.9 Å². The van der Waals surface area contributed by atoms with Crippen molar-refractivity contribution in [1.29, 1.82) is 0 Å². The number of benzene rings is 4. The zero-order valence-electron chi connectivity index (χ0n) is 19.5. The second-order valence-corrected chi connectivity index (χ2v) is 11.3. The Labute approximate surface area is 224 Å². The van der Waals surface area contributed by atoms with E-state index in [1.807, 2.05) is 0 Å². The molecule has 4 aromatic carbocycles. The summed E-state index contributed by atoms with van der Waals surface area (Å²) in [5.74, 6) is -1.80. The van der Waals surface area contributed by atoms with Gasteiger partial charge >= 0.3 is 0 Å². The number of nitrogens with zero attached hydrogens (tertiary/aromatic N) is 2. The van der Waals surface area contributed by atoms with Gasteiger partial charge in [0.25, 0.3) is 10.1 Å². The fourth-order valence-electron chi connectivity index (χ4n) is 3.81. The summed E-state index contributed by atoms with van der Waals surface area (Å²) in [6, 6.07) is 8.25. The number of carbonyl (C=O) groups excluding carboxylic acids is 1. The summed E-state index contributed by atoms with van der Waals surface area (Å²) in [5, 5.41) is 31.7. The Bertz CT molecular complexity index is 1890. The predicted molar refractivity (Wildman–Crippen MR) is 142 cm³/mol. The number of fused-ring (bicyclic) bond motifs is 2. The first-order valence-corrected chi connectivity index (χ1v) is 14.1. The Morgan fingerprint density at radius 3 is 2.15 bits per heavy atom. The molecule has 0 aliphatic carbocycles. The maximum atomic E-state index is 12.1. The molecule has 17 heteroatoms. The van der Waals surface area contributed by atoms with E-state index in [1.54, 1.807) is 0 Å². The van der Waals surface area contributed by atoms with Gasteiger partial charge in [0, 0.05) is 17.7 Å². The molecule has 0 aromatic heterocycles. The zero-order valence-corrected chi connectivity index (χ0v) is 22.0. The molecule has 39 heavy (non-hydrogen) atoms. The monoisotopic (exact) mass is 594 g/mol. The van der Waals surface area contributed by atoms with Crippen molar-refractivity contribution in [2.75, 3.05) is 11.1 Å². The van der Waals surface area contributed by atoms with Crippen molar-refractivity contribution < 1.29 is 45.5 Å². The van der Waals surface area contributed by atoms with Crippen LogP contribution in [0.15, 0.2) is 67.4 Å². The summed E-state index contributed by atoms with van der Waals surface area (Å²) in [6.07, 6.45) is 0. The van der Waals surface area contributed by atoms with Gasteiger partial charge in [0.05, 0.1) is 31.7 Å². The van der Waals surface area contributed by atoms with Crippen molar-refractivity contribution in [1.82, 2.24) is 0 Å². The summed E-state index contributed by atoms with van der Waals surface area (Å²) in [7, 11) is -4.76. The molecule has 1 amide bonds. The number of rotatable bonds is 6. The van der Waals surface area contributed by atoms with Crippen LogP contribution in [-0.2, 0) is 37.1 Å². The third-order valence-corrected chi connectivity index (χ3v) is 7.70. The Balaban J connectivity index is 1.94. The molecule has 0 heterocycles. The van der Waals surface area contributed by atoms with Gasteiger partial charge in [-0.3, -0.25) is 9.35 Å². The van der Waals surface area contributed by atoms with Crippen LogP contribution in [0.2, 0.25) is 0 Å². The van der Waals surface area contributed by atoms with Crippen LogP contribution in [0.4, 0.5) is 22.7 Å². The van der Waals surface area contributed by atoms with E-state index in [0.717, 1.165) is 25.1 Å². The van der Waals surface area contributed by atoms with Crippen LogP contribution in [0, 0.1) is 0 Å². The van der Waals surface area contributed by atoms with Gasteiger partial charge in [-0.2, -0.15) is 13.5 Å². The van der Waals surface area contributed by atoms with Gasteiger partial charge in [-0.25, -0.2) is 8.42 Å². The fraction of sp³-hybridized carbons (Fsp3) is 0.0455. The molecule has 0 aliphatic heterocycles. The fourth-order valence-corrected chi connectivity index (χ4v) is 5.39. The van der Waals surface area contributed by atoms with E-state index in [-0.39, 0.29) is 43.5 Å². The highest BCUT2D eigenvalue weighted by atomic mass is 32.2. The highest BCUT2D eigenvalue weighted by molar-refractivity contribution is 7.85. The topological polar surface area (TPSA) is 249 Å². The van der Waals surface area contributed by atoms with Gasteiger partial charge in [-0.15, -0.1) is 5.11 Å². The SMILES string of the molecule is CC(=O)Nc1cc(S(=O)(=O)O)cc2cc(S(=O)O)c(N=Nc3ccc4c(O)c(N)c(S(=O)O)cc4c3)c(O)c12. The molecule has 0 fully saturated rings. The van der Waals surface area contributed by atoms with Crippen LogP contribution in [-0.4, -0.2) is 46.6 Å². The second kappa shape index (κ2) is 10.3. The van der Waals surface area contributed by atoms with Crippen molar-refractivity contribution >= 4 is 82.5 Å². The van der Waals surface area contributed by atoms with E-state index >= 15 is 0 Å². The van der Waals surface area contributed by atoms with Crippen LogP contribution in [0.3, 0.4) is 0 Å². The van der Waals surface area contributed by atoms with E-state index in [1.165, 1.54) is 24.3 Å². The Hall–Kier alpha value is -4.00. The molecule has 0 saturated heterocycles. The average Bonchev–Trinajstić information content (AvgIpc) is 2.83. The van der Waals surface area contributed by atoms with Crippen LogP contribution in [0.1, 0.15) is 6.92 Å². The number of aromatic hydroxyl groups is 2.